The van der Waals surface area contributed by atoms with Crippen LogP contribution in [-0.4, -0.2) is 51.1 Å². The molecule has 1 aliphatic carbocycles. The number of nitrogens with zero attached hydrogens (tertiary/aromatic N) is 3. The Bertz CT molecular complexity index is 655. The Balaban J connectivity index is 1.85. The van der Waals surface area contributed by atoms with Crippen LogP contribution >= 0.6 is 0 Å². The van der Waals surface area contributed by atoms with Crippen molar-refractivity contribution < 1.29 is 14.4 Å². The van der Waals surface area contributed by atoms with Crippen molar-refractivity contribution in [3.05, 3.63) is 30.1 Å². The molecule has 1 saturated heterocycles. The molecule has 0 radical (unpaired) electrons. The number of aromatic nitrogens is 1. The van der Waals surface area contributed by atoms with Crippen LogP contribution in [0.4, 0.5) is 4.79 Å². The van der Waals surface area contributed by atoms with Gasteiger partial charge in [0.2, 0.25) is 0 Å². The number of rotatable bonds is 5. The summed E-state index contributed by atoms with van der Waals surface area (Å²) >= 11 is 0. The zero-order valence-corrected chi connectivity index (χ0v) is 14.2. The van der Waals surface area contributed by atoms with Gasteiger partial charge in [0, 0.05) is 24.5 Å². The molecule has 0 aromatic carbocycles. The average Bonchev–Trinajstić information content (AvgIpc) is 3.19. The summed E-state index contributed by atoms with van der Waals surface area (Å²) in [7, 11) is 0. The summed E-state index contributed by atoms with van der Waals surface area (Å²) in [6.07, 6.45) is 7.13. The normalized spacial score (nSPS) is 24.9. The van der Waals surface area contributed by atoms with Gasteiger partial charge in [0.1, 0.15) is 5.54 Å². The predicted octanol–water partition coefficient (Wildman–Crippen LogP) is 2.50. The summed E-state index contributed by atoms with van der Waals surface area (Å²) in [6, 6.07) is 2.96. The van der Waals surface area contributed by atoms with Crippen LogP contribution in [0, 0.1) is 5.92 Å². The highest BCUT2D eigenvalue weighted by Gasteiger charge is 2.57. The second-order valence-corrected chi connectivity index (χ2v) is 6.71. The summed E-state index contributed by atoms with van der Waals surface area (Å²) in [5.74, 6) is -0.331. The Morgan fingerprint density at radius 1 is 1.33 bits per heavy atom. The molecular weight excluding hydrogens is 306 g/mol. The molecule has 1 aromatic rings. The van der Waals surface area contributed by atoms with E-state index in [2.05, 4.69) is 4.98 Å². The first kappa shape index (κ1) is 16.6. The van der Waals surface area contributed by atoms with E-state index in [9.17, 15) is 14.4 Å². The molecule has 0 N–H and O–H groups in total. The standard InChI is InChI=1S/C18H23N3O3/c1-3-21-17(24)20(12-15(22)13-7-6-10-19-11-13)16(23)18(21,2)14-8-4-5-9-14/h6-7,10-11,14H,3-5,8-9,12H2,1-2H3. The fourth-order valence-electron chi connectivity index (χ4n) is 4.07. The first-order valence-corrected chi connectivity index (χ1v) is 8.57. The number of hydrogen-bond donors (Lipinski definition) is 0. The van der Waals surface area contributed by atoms with E-state index in [-0.39, 0.29) is 30.2 Å². The van der Waals surface area contributed by atoms with E-state index < -0.39 is 5.54 Å². The molecule has 2 fully saturated rings. The van der Waals surface area contributed by atoms with Crippen molar-refractivity contribution in [2.75, 3.05) is 13.1 Å². The molecule has 3 amide bonds. The van der Waals surface area contributed by atoms with Gasteiger partial charge in [-0.05, 0) is 44.7 Å². The molecule has 128 valence electrons. The molecule has 24 heavy (non-hydrogen) atoms. The Morgan fingerprint density at radius 3 is 2.62 bits per heavy atom. The Kier molecular flexibility index (Phi) is 4.39. The molecule has 3 rings (SSSR count). The maximum atomic E-state index is 13.1. The van der Waals surface area contributed by atoms with Gasteiger partial charge in [-0.25, -0.2) is 4.79 Å². The number of urea groups is 1. The highest BCUT2D eigenvalue weighted by molar-refractivity contribution is 6.11. The molecule has 1 aromatic heterocycles. The van der Waals surface area contributed by atoms with Gasteiger partial charge >= 0.3 is 6.03 Å². The number of carbonyl (C=O) groups excluding carboxylic acids is 3. The molecule has 2 aliphatic rings. The van der Waals surface area contributed by atoms with Gasteiger partial charge in [0.25, 0.3) is 5.91 Å². The van der Waals surface area contributed by atoms with Crippen molar-refractivity contribution >= 4 is 17.7 Å². The number of pyridine rings is 1. The van der Waals surface area contributed by atoms with Crippen molar-refractivity contribution in [2.45, 2.75) is 45.1 Å². The zero-order chi connectivity index (χ0) is 17.3. The van der Waals surface area contributed by atoms with Crippen LogP contribution in [0.25, 0.3) is 0 Å². The molecule has 2 heterocycles. The van der Waals surface area contributed by atoms with Crippen LogP contribution < -0.4 is 0 Å². The monoisotopic (exact) mass is 329 g/mol. The van der Waals surface area contributed by atoms with Crippen LogP contribution in [-0.2, 0) is 4.79 Å². The lowest BCUT2D eigenvalue weighted by atomic mass is 9.83. The number of likely N-dealkylation sites (N-methyl/N-ethyl adjacent to an activating group) is 1. The lowest BCUT2D eigenvalue weighted by molar-refractivity contribution is -0.134. The van der Waals surface area contributed by atoms with Gasteiger partial charge in [0.15, 0.2) is 5.78 Å². The van der Waals surface area contributed by atoms with Gasteiger partial charge < -0.3 is 4.90 Å². The molecule has 1 unspecified atom stereocenters. The minimum Gasteiger partial charge on any atom is -0.310 e. The van der Waals surface area contributed by atoms with Crippen molar-refractivity contribution in [3.8, 4) is 0 Å². The third kappa shape index (κ3) is 2.50. The summed E-state index contributed by atoms with van der Waals surface area (Å²) in [5, 5.41) is 0. The smallest absolute Gasteiger partial charge is 0.310 e. The van der Waals surface area contributed by atoms with E-state index in [4.69, 9.17) is 0 Å². The lowest BCUT2D eigenvalue weighted by Gasteiger charge is -2.36. The highest BCUT2D eigenvalue weighted by Crippen LogP contribution is 2.42. The third-order valence-electron chi connectivity index (χ3n) is 5.45. The van der Waals surface area contributed by atoms with Gasteiger partial charge in [-0.1, -0.05) is 12.8 Å². The van der Waals surface area contributed by atoms with E-state index in [1.165, 1.54) is 6.20 Å². The number of amides is 3. The van der Waals surface area contributed by atoms with Crippen LogP contribution in [0.3, 0.4) is 0 Å². The van der Waals surface area contributed by atoms with Crippen molar-refractivity contribution in [3.63, 3.8) is 0 Å². The number of imide groups is 1. The summed E-state index contributed by atoms with van der Waals surface area (Å²) < 4.78 is 0. The van der Waals surface area contributed by atoms with Crippen molar-refractivity contribution in [1.29, 1.82) is 0 Å². The second kappa shape index (κ2) is 6.34. The van der Waals surface area contributed by atoms with Crippen LogP contribution in [0.15, 0.2) is 24.5 Å². The fourth-order valence-corrected chi connectivity index (χ4v) is 4.07. The first-order valence-electron chi connectivity index (χ1n) is 8.57. The van der Waals surface area contributed by atoms with Crippen LogP contribution in [0.2, 0.25) is 0 Å². The molecule has 1 saturated carbocycles. The van der Waals surface area contributed by atoms with Gasteiger partial charge in [-0.15, -0.1) is 0 Å². The first-order chi connectivity index (χ1) is 11.5. The Hall–Kier alpha value is -2.24. The van der Waals surface area contributed by atoms with Gasteiger partial charge in [-0.3, -0.25) is 19.5 Å². The lowest BCUT2D eigenvalue weighted by Crippen LogP contribution is -2.52. The maximum absolute atomic E-state index is 13.1. The molecule has 6 nitrogen and oxygen atoms in total. The van der Waals surface area contributed by atoms with Gasteiger partial charge in [-0.2, -0.15) is 0 Å². The molecule has 1 atom stereocenters. The Labute approximate surface area is 141 Å². The Morgan fingerprint density at radius 2 is 2.04 bits per heavy atom. The van der Waals surface area contributed by atoms with E-state index in [1.807, 2.05) is 13.8 Å². The quantitative estimate of drug-likeness (QED) is 0.615. The summed E-state index contributed by atoms with van der Waals surface area (Å²) in [5.41, 5.74) is -0.409. The third-order valence-corrected chi connectivity index (χ3v) is 5.45. The van der Waals surface area contributed by atoms with E-state index >= 15 is 0 Å². The average molecular weight is 329 g/mol. The predicted molar refractivity (Wildman–Crippen MR) is 88.4 cm³/mol. The number of hydrogen-bond acceptors (Lipinski definition) is 4. The van der Waals surface area contributed by atoms with Crippen molar-refractivity contribution in [1.82, 2.24) is 14.8 Å². The maximum Gasteiger partial charge on any atom is 0.328 e. The number of ketones is 1. The van der Waals surface area contributed by atoms with E-state index in [0.29, 0.717) is 12.1 Å². The number of carbonyl (C=O) groups is 3. The largest absolute Gasteiger partial charge is 0.328 e. The molecular formula is C18H23N3O3. The minimum atomic E-state index is -0.822. The van der Waals surface area contributed by atoms with Crippen LogP contribution in [0.1, 0.15) is 49.9 Å². The SMILES string of the molecule is CCN1C(=O)N(CC(=O)c2cccnc2)C(=O)C1(C)C1CCCC1. The highest BCUT2D eigenvalue weighted by atomic mass is 16.2. The van der Waals surface area contributed by atoms with Crippen molar-refractivity contribution in [2.24, 2.45) is 5.92 Å². The van der Waals surface area contributed by atoms with E-state index in [1.54, 1.807) is 23.2 Å². The minimum absolute atomic E-state index is 0.174. The molecule has 6 heteroatoms. The molecule has 1 aliphatic heterocycles. The molecule has 0 spiro atoms. The topological polar surface area (TPSA) is 70.6 Å². The molecule has 0 bridgehead atoms. The zero-order valence-electron chi connectivity index (χ0n) is 14.2. The fraction of sp³-hybridized carbons (Fsp3) is 0.556. The number of Topliss-reactive ketones (excluding diaryl/α,β-unsaturated/α-hetero) is 1. The summed E-state index contributed by atoms with van der Waals surface area (Å²) in [4.78, 5) is 44.9. The second-order valence-electron chi connectivity index (χ2n) is 6.71. The summed E-state index contributed by atoms with van der Waals surface area (Å²) in [6.45, 7) is 3.99. The van der Waals surface area contributed by atoms with Crippen LogP contribution in [0.5, 0.6) is 0 Å². The van der Waals surface area contributed by atoms with Gasteiger partial charge in [0.05, 0.1) is 6.54 Å². The van der Waals surface area contributed by atoms with E-state index in [0.717, 1.165) is 30.6 Å².